The lowest BCUT2D eigenvalue weighted by Crippen LogP contribution is -2.09. The van der Waals surface area contributed by atoms with Gasteiger partial charge in [0.15, 0.2) is 0 Å². The Morgan fingerprint density at radius 1 is 1.33 bits per heavy atom. The van der Waals surface area contributed by atoms with E-state index in [1.54, 1.807) is 18.5 Å². The first-order chi connectivity index (χ1) is 8.67. The van der Waals surface area contributed by atoms with E-state index in [0.717, 1.165) is 17.0 Å². The number of halogens is 2. The van der Waals surface area contributed by atoms with E-state index in [-0.39, 0.29) is 6.61 Å². The Hall–Kier alpha value is -1.07. The largest absolute Gasteiger partial charge is 0.395 e. The number of aromatic nitrogens is 2. The third-order valence-corrected chi connectivity index (χ3v) is 3.21. The summed E-state index contributed by atoms with van der Waals surface area (Å²) in [5, 5.41) is 10.1. The Morgan fingerprint density at radius 3 is 2.72 bits per heavy atom. The predicted molar refractivity (Wildman–Crippen MR) is 72.7 cm³/mol. The van der Waals surface area contributed by atoms with E-state index < -0.39 is 0 Å². The summed E-state index contributed by atoms with van der Waals surface area (Å²) in [6.07, 6.45) is 1.65. The Labute approximate surface area is 115 Å². The number of nitrogens with two attached hydrogens (primary N) is 1. The third-order valence-electron chi connectivity index (χ3n) is 2.67. The number of aliphatic hydroxyl groups is 1. The molecule has 0 bridgehead atoms. The van der Waals surface area contributed by atoms with Crippen molar-refractivity contribution in [3.8, 4) is 11.3 Å². The minimum Gasteiger partial charge on any atom is -0.395 e. The summed E-state index contributed by atoms with van der Waals surface area (Å²) in [4.78, 5) is 4.31. The van der Waals surface area contributed by atoms with E-state index in [0.29, 0.717) is 23.1 Å². The van der Waals surface area contributed by atoms with Crippen LogP contribution in [0.3, 0.4) is 0 Å². The molecular formula is C12H13Cl2N3O. The van der Waals surface area contributed by atoms with E-state index in [1.165, 1.54) is 0 Å². The van der Waals surface area contributed by atoms with Gasteiger partial charge in [-0.15, -0.1) is 0 Å². The van der Waals surface area contributed by atoms with Gasteiger partial charge in [-0.05, 0) is 18.2 Å². The van der Waals surface area contributed by atoms with E-state index in [1.807, 2.05) is 10.6 Å². The van der Waals surface area contributed by atoms with E-state index in [9.17, 15) is 0 Å². The minimum atomic E-state index is 0.0388. The van der Waals surface area contributed by atoms with Crippen molar-refractivity contribution in [2.45, 2.75) is 13.1 Å². The molecule has 0 aliphatic heterocycles. The summed E-state index contributed by atoms with van der Waals surface area (Å²) in [6.45, 7) is 0.830. The molecule has 0 amide bonds. The molecule has 18 heavy (non-hydrogen) atoms. The number of hydrogen-bond donors (Lipinski definition) is 2. The Kier molecular flexibility index (Phi) is 4.24. The maximum Gasteiger partial charge on any atom is 0.0957 e. The molecule has 0 radical (unpaired) electrons. The van der Waals surface area contributed by atoms with Gasteiger partial charge in [-0.2, -0.15) is 0 Å². The number of imidazole rings is 1. The molecule has 1 heterocycles. The summed E-state index contributed by atoms with van der Waals surface area (Å²) in [6, 6.07) is 5.24. The van der Waals surface area contributed by atoms with E-state index >= 15 is 0 Å². The first-order valence-corrected chi connectivity index (χ1v) is 6.23. The van der Waals surface area contributed by atoms with E-state index in [2.05, 4.69) is 4.98 Å². The normalized spacial score (nSPS) is 10.9. The molecule has 1 aromatic heterocycles. The molecule has 0 fully saturated rings. The van der Waals surface area contributed by atoms with Crippen molar-refractivity contribution in [1.29, 1.82) is 0 Å². The van der Waals surface area contributed by atoms with Gasteiger partial charge < -0.3 is 15.4 Å². The van der Waals surface area contributed by atoms with Crippen molar-refractivity contribution in [2.75, 3.05) is 6.61 Å². The summed E-state index contributed by atoms with van der Waals surface area (Å²) < 4.78 is 1.82. The minimum absolute atomic E-state index is 0.0388. The topological polar surface area (TPSA) is 64.1 Å². The van der Waals surface area contributed by atoms with Crippen LogP contribution in [0.15, 0.2) is 24.5 Å². The first kappa shape index (κ1) is 13.4. The number of hydrogen-bond acceptors (Lipinski definition) is 3. The van der Waals surface area contributed by atoms with Gasteiger partial charge in [0.2, 0.25) is 0 Å². The molecule has 6 heteroatoms. The molecule has 2 aromatic rings. The summed E-state index contributed by atoms with van der Waals surface area (Å²) in [5.74, 6) is 0. The van der Waals surface area contributed by atoms with Crippen LogP contribution >= 0.6 is 23.2 Å². The van der Waals surface area contributed by atoms with Crippen LogP contribution in [0.25, 0.3) is 11.3 Å². The second kappa shape index (κ2) is 5.71. The number of nitrogens with zero attached hydrogens (tertiary/aromatic N) is 2. The zero-order valence-electron chi connectivity index (χ0n) is 9.61. The molecule has 0 saturated heterocycles. The van der Waals surface area contributed by atoms with Gasteiger partial charge in [-0.3, -0.25) is 0 Å². The Bertz CT molecular complexity index is 554. The third kappa shape index (κ3) is 2.52. The highest BCUT2D eigenvalue weighted by Gasteiger charge is 2.14. The maximum absolute atomic E-state index is 8.98. The molecule has 0 spiro atoms. The van der Waals surface area contributed by atoms with Crippen LogP contribution in [0.1, 0.15) is 5.69 Å². The van der Waals surface area contributed by atoms with Gasteiger partial charge in [-0.1, -0.05) is 23.2 Å². The molecule has 4 nitrogen and oxygen atoms in total. The molecule has 0 aliphatic carbocycles. The van der Waals surface area contributed by atoms with Crippen LogP contribution in [0.2, 0.25) is 10.0 Å². The van der Waals surface area contributed by atoms with Gasteiger partial charge in [0.1, 0.15) is 0 Å². The monoisotopic (exact) mass is 285 g/mol. The van der Waals surface area contributed by atoms with Gasteiger partial charge in [0.05, 0.1) is 29.3 Å². The van der Waals surface area contributed by atoms with Crippen molar-refractivity contribution in [1.82, 2.24) is 9.55 Å². The lowest BCUT2D eigenvalue weighted by Gasteiger charge is -2.08. The van der Waals surface area contributed by atoms with Gasteiger partial charge in [0, 0.05) is 23.7 Å². The highest BCUT2D eigenvalue weighted by Crippen LogP contribution is 2.31. The smallest absolute Gasteiger partial charge is 0.0957 e. The van der Waals surface area contributed by atoms with Crippen LogP contribution in [-0.4, -0.2) is 21.3 Å². The van der Waals surface area contributed by atoms with Crippen molar-refractivity contribution < 1.29 is 5.11 Å². The van der Waals surface area contributed by atoms with E-state index in [4.69, 9.17) is 34.0 Å². The van der Waals surface area contributed by atoms with Crippen LogP contribution in [0.4, 0.5) is 0 Å². The molecule has 1 aromatic carbocycles. The molecule has 3 N–H and O–H groups in total. The van der Waals surface area contributed by atoms with Crippen LogP contribution in [0.5, 0.6) is 0 Å². The second-order valence-corrected chi connectivity index (χ2v) is 4.63. The standard InChI is InChI=1S/C12H13Cl2N3O/c13-8-1-2-9(10(14)5-8)12-11(6-15)17(3-4-18)7-16-12/h1-2,5,7,18H,3-4,6,15H2. The first-order valence-electron chi connectivity index (χ1n) is 5.47. The lowest BCUT2D eigenvalue weighted by molar-refractivity contribution is 0.274. The highest BCUT2D eigenvalue weighted by molar-refractivity contribution is 6.36. The van der Waals surface area contributed by atoms with Gasteiger partial charge >= 0.3 is 0 Å². The molecule has 0 unspecified atom stereocenters. The van der Waals surface area contributed by atoms with Crippen molar-refractivity contribution in [3.63, 3.8) is 0 Å². The zero-order chi connectivity index (χ0) is 13.1. The van der Waals surface area contributed by atoms with Crippen LogP contribution < -0.4 is 5.73 Å². The summed E-state index contributed by atoms with van der Waals surface area (Å²) in [7, 11) is 0. The quantitative estimate of drug-likeness (QED) is 0.906. The molecule has 0 aliphatic rings. The molecule has 2 rings (SSSR count). The number of benzene rings is 1. The average Bonchev–Trinajstić information content (AvgIpc) is 2.72. The number of aliphatic hydroxyl groups excluding tert-OH is 1. The Balaban J connectivity index is 2.50. The average molecular weight is 286 g/mol. The van der Waals surface area contributed by atoms with Gasteiger partial charge in [0.25, 0.3) is 0 Å². The van der Waals surface area contributed by atoms with Crippen LogP contribution in [-0.2, 0) is 13.1 Å². The second-order valence-electron chi connectivity index (χ2n) is 3.79. The molecule has 0 saturated carbocycles. The van der Waals surface area contributed by atoms with Crippen molar-refractivity contribution in [2.24, 2.45) is 5.73 Å². The van der Waals surface area contributed by atoms with Crippen molar-refractivity contribution >= 4 is 23.2 Å². The molecule has 0 atom stereocenters. The van der Waals surface area contributed by atoms with Crippen molar-refractivity contribution in [3.05, 3.63) is 40.3 Å². The molecular weight excluding hydrogens is 273 g/mol. The van der Waals surface area contributed by atoms with Crippen LogP contribution in [0, 0.1) is 0 Å². The predicted octanol–water partition coefficient (Wildman–Crippen LogP) is 2.31. The highest BCUT2D eigenvalue weighted by atomic mass is 35.5. The Morgan fingerprint density at radius 2 is 2.11 bits per heavy atom. The zero-order valence-corrected chi connectivity index (χ0v) is 11.1. The lowest BCUT2D eigenvalue weighted by atomic mass is 10.1. The fraction of sp³-hybridized carbons (Fsp3) is 0.250. The number of rotatable bonds is 4. The fourth-order valence-electron chi connectivity index (χ4n) is 1.83. The maximum atomic E-state index is 8.98. The summed E-state index contributed by atoms with van der Waals surface area (Å²) >= 11 is 12.0. The SMILES string of the molecule is NCc1c(-c2ccc(Cl)cc2Cl)ncn1CCO. The fourth-order valence-corrected chi connectivity index (χ4v) is 2.33. The van der Waals surface area contributed by atoms with Gasteiger partial charge in [-0.25, -0.2) is 4.98 Å². The molecule has 96 valence electrons. The summed E-state index contributed by atoms with van der Waals surface area (Å²) in [5.41, 5.74) is 8.09.